The quantitative estimate of drug-likeness (QED) is 0.882. The van der Waals surface area contributed by atoms with Gasteiger partial charge in [-0.3, -0.25) is 10.1 Å². The van der Waals surface area contributed by atoms with Gasteiger partial charge in [0.05, 0.1) is 12.8 Å². The molecule has 1 aromatic carbocycles. The number of hydrogen-bond donors (Lipinski definition) is 1. The highest BCUT2D eigenvalue weighted by molar-refractivity contribution is 6.03. The Morgan fingerprint density at radius 3 is 2.86 bits per heavy atom. The van der Waals surface area contributed by atoms with Crippen molar-refractivity contribution in [3.8, 4) is 5.75 Å². The van der Waals surface area contributed by atoms with Crippen LogP contribution in [-0.2, 0) is 6.42 Å². The van der Waals surface area contributed by atoms with Gasteiger partial charge in [0.1, 0.15) is 12.0 Å². The van der Waals surface area contributed by atoms with Crippen LogP contribution in [0.5, 0.6) is 5.75 Å². The molecular weight excluding hydrogens is 268 g/mol. The van der Waals surface area contributed by atoms with Crippen LogP contribution in [0.4, 0.5) is 6.01 Å². The normalized spacial score (nSPS) is 10.4. The first-order chi connectivity index (χ1) is 10.1. The Bertz CT molecular complexity index is 620. The standard InChI is InChI=1S/C16H20N2O3/c1-4-5-6-12-9-13(7-8-14(12)20-3)15(19)18-16-17-11(2)10-21-16/h7-10H,4-6H2,1-3H3,(H,17,18,19). The number of hydrogen-bond acceptors (Lipinski definition) is 4. The van der Waals surface area contributed by atoms with E-state index in [0.717, 1.165) is 36.3 Å². The topological polar surface area (TPSA) is 64.4 Å². The molecule has 21 heavy (non-hydrogen) atoms. The van der Waals surface area contributed by atoms with Crippen molar-refractivity contribution in [2.45, 2.75) is 33.1 Å². The lowest BCUT2D eigenvalue weighted by atomic mass is 10.0. The van der Waals surface area contributed by atoms with Gasteiger partial charge < -0.3 is 9.15 Å². The molecule has 0 unspecified atom stereocenters. The molecule has 5 nitrogen and oxygen atoms in total. The number of anilines is 1. The number of amides is 1. The number of nitrogens with one attached hydrogen (secondary N) is 1. The number of methoxy groups -OCH3 is 1. The molecule has 0 bridgehead atoms. The number of nitrogens with zero attached hydrogens (tertiary/aromatic N) is 1. The van der Waals surface area contributed by atoms with Crippen LogP contribution >= 0.6 is 0 Å². The second-order valence-electron chi connectivity index (χ2n) is 4.88. The van der Waals surface area contributed by atoms with Crippen LogP contribution in [0.25, 0.3) is 0 Å². The van der Waals surface area contributed by atoms with Crippen LogP contribution in [0.1, 0.15) is 41.4 Å². The summed E-state index contributed by atoms with van der Waals surface area (Å²) in [6, 6.07) is 5.63. The van der Waals surface area contributed by atoms with E-state index in [-0.39, 0.29) is 11.9 Å². The molecule has 0 atom stereocenters. The number of carbonyl (C=O) groups excluding carboxylic acids is 1. The maximum absolute atomic E-state index is 12.2. The second kappa shape index (κ2) is 6.92. The number of rotatable bonds is 6. The van der Waals surface area contributed by atoms with Crippen molar-refractivity contribution in [3.05, 3.63) is 41.3 Å². The molecule has 112 valence electrons. The molecule has 2 rings (SSSR count). The van der Waals surface area contributed by atoms with E-state index >= 15 is 0 Å². The number of aryl methyl sites for hydroxylation is 2. The zero-order chi connectivity index (χ0) is 15.2. The molecule has 0 fully saturated rings. The largest absolute Gasteiger partial charge is 0.496 e. The van der Waals surface area contributed by atoms with E-state index in [4.69, 9.17) is 9.15 Å². The fraction of sp³-hybridized carbons (Fsp3) is 0.375. The van der Waals surface area contributed by atoms with Crippen LogP contribution in [0.15, 0.2) is 28.9 Å². The molecule has 0 saturated heterocycles. The number of ether oxygens (including phenoxy) is 1. The van der Waals surface area contributed by atoms with Crippen molar-refractivity contribution in [1.29, 1.82) is 0 Å². The second-order valence-corrected chi connectivity index (χ2v) is 4.88. The van der Waals surface area contributed by atoms with Crippen LogP contribution < -0.4 is 10.1 Å². The van der Waals surface area contributed by atoms with E-state index in [1.807, 2.05) is 12.1 Å². The number of aromatic nitrogens is 1. The molecule has 0 saturated carbocycles. The molecule has 2 aromatic rings. The maximum Gasteiger partial charge on any atom is 0.301 e. The fourth-order valence-corrected chi connectivity index (χ4v) is 2.06. The molecule has 0 radical (unpaired) electrons. The molecule has 0 aliphatic carbocycles. The Morgan fingerprint density at radius 2 is 2.24 bits per heavy atom. The van der Waals surface area contributed by atoms with Gasteiger partial charge in [-0.1, -0.05) is 13.3 Å². The van der Waals surface area contributed by atoms with Crippen molar-refractivity contribution in [2.24, 2.45) is 0 Å². The lowest BCUT2D eigenvalue weighted by Gasteiger charge is -2.10. The van der Waals surface area contributed by atoms with Gasteiger partial charge in [0.2, 0.25) is 0 Å². The minimum atomic E-state index is -0.239. The van der Waals surface area contributed by atoms with Gasteiger partial charge >= 0.3 is 6.01 Å². The Morgan fingerprint density at radius 1 is 1.43 bits per heavy atom. The number of unbranched alkanes of at least 4 members (excludes halogenated alkanes) is 1. The Hall–Kier alpha value is -2.30. The van der Waals surface area contributed by atoms with Crippen LogP contribution in [-0.4, -0.2) is 18.0 Å². The highest BCUT2D eigenvalue weighted by Crippen LogP contribution is 2.22. The summed E-state index contributed by atoms with van der Waals surface area (Å²) < 4.78 is 10.5. The summed E-state index contributed by atoms with van der Waals surface area (Å²) in [6.07, 6.45) is 4.53. The minimum Gasteiger partial charge on any atom is -0.496 e. The highest BCUT2D eigenvalue weighted by Gasteiger charge is 2.12. The van der Waals surface area contributed by atoms with Gasteiger partial charge in [0.25, 0.3) is 5.91 Å². The van der Waals surface area contributed by atoms with Gasteiger partial charge in [-0.05, 0) is 43.5 Å². The molecule has 1 aromatic heterocycles. The van der Waals surface area contributed by atoms with Gasteiger partial charge in [-0.25, -0.2) is 0 Å². The molecule has 0 aliphatic rings. The Kier molecular flexibility index (Phi) is 4.98. The molecule has 0 aliphatic heterocycles. The SMILES string of the molecule is CCCCc1cc(C(=O)Nc2nc(C)co2)ccc1OC. The predicted octanol–water partition coefficient (Wildman–Crippen LogP) is 3.59. The predicted molar refractivity (Wildman–Crippen MR) is 80.8 cm³/mol. The summed E-state index contributed by atoms with van der Waals surface area (Å²) in [6.45, 7) is 3.93. The number of carbonyl (C=O) groups is 1. The third-order valence-electron chi connectivity index (χ3n) is 3.18. The highest BCUT2D eigenvalue weighted by atomic mass is 16.5. The van der Waals surface area contributed by atoms with Gasteiger partial charge in [0.15, 0.2) is 0 Å². The Balaban J connectivity index is 2.16. The summed E-state index contributed by atoms with van der Waals surface area (Å²) >= 11 is 0. The summed E-state index contributed by atoms with van der Waals surface area (Å²) in [5.74, 6) is 0.573. The molecule has 1 N–H and O–H groups in total. The third kappa shape index (κ3) is 3.84. The lowest BCUT2D eigenvalue weighted by molar-refractivity contribution is 0.102. The number of benzene rings is 1. The lowest BCUT2D eigenvalue weighted by Crippen LogP contribution is -2.12. The van der Waals surface area contributed by atoms with E-state index in [1.165, 1.54) is 6.26 Å². The smallest absolute Gasteiger partial charge is 0.301 e. The monoisotopic (exact) mass is 288 g/mol. The zero-order valence-corrected chi connectivity index (χ0v) is 12.6. The van der Waals surface area contributed by atoms with E-state index < -0.39 is 0 Å². The van der Waals surface area contributed by atoms with Crippen LogP contribution in [0.3, 0.4) is 0 Å². The average molecular weight is 288 g/mol. The maximum atomic E-state index is 12.2. The van der Waals surface area contributed by atoms with E-state index in [9.17, 15) is 4.79 Å². The minimum absolute atomic E-state index is 0.212. The first-order valence-electron chi connectivity index (χ1n) is 7.04. The Labute approximate surface area is 124 Å². The molecule has 1 amide bonds. The van der Waals surface area contributed by atoms with Gasteiger partial charge in [-0.2, -0.15) is 4.98 Å². The fourth-order valence-electron chi connectivity index (χ4n) is 2.06. The first-order valence-corrected chi connectivity index (χ1v) is 7.04. The molecule has 5 heteroatoms. The van der Waals surface area contributed by atoms with Crippen molar-refractivity contribution in [2.75, 3.05) is 12.4 Å². The zero-order valence-electron chi connectivity index (χ0n) is 12.6. The number of oxazole rings is 1. The summed E-state index contributed by atoms with van der Waals surface area (Å²) in [4.78, 5) is 16.3. The van der Waals surface area contributed by atoms with Crippen LogP contribution in [0, 0.1) is 6.92 Å². The van der Waals surface area contributed by atoms with Crippen LogP contribution in [0.2, 0.25) is 0 Å². The van der Waals surface area contributed by atoms with Crippen molar-refractivity contribution in [1.82, 2.24) is 4.98 Å². The summed E-state index contributed by atoms with van der Waals surface area (Å²) in [5, 5.41) is 2.64. The molecule has 0 spiro atoms. The molecular formula is C16H20N2O3. The van der Waals surface area contributed by atoms with Crippen molar-refractivity contribution >= 4 is 11.9 Å². The summed E-state index contributed by atoms with van der Waals surface area (Å²) in [7, 11) is 1.64. The summed E-state index contributed by atoms with van der Waals surface area (Å²) in [5.41, 5.74) is 2.33. The van der Waals surface area contributed by atoms with Crippen molar-refractivity contribution in [3.63, 3.8) is 0 Å². The van der Waals surface area contributed by atoms with Crippen molar-refractivity contribution < 1.29 is 13.9 Å². The van der Waals surface area contributed by atoms with E-state index in [2.05, 4.69) is 17.2 Å². The third-order valence-corrected chi connectivity index (χ3v) is 3.18. The van der Waals surface area contributed by atoms with Gasteiger partial charge in [0, 0.05) is 5.56 Å². The first kappa shape index (κ1) is 15.1. The van der Waals surface area contributed by atoms with E-state index in [0.29, 0.717) is 5.56 Å². The molecule has 1 heterocycles. The van der Waals surface area contributed by atoms with E-state index in [1.54, 1.807) is 20.1 Å². The van der Waals surface area contributed by atoms with Gasteiger partial charge in [-0.15, -0.1) is 0 Å². The average Bonchev–Trinajstić information content (AvgIpc) is 2.89.